The summed E-state index contributed by atoms with van der Waals surface area (Å²) in [4.78, 5) is 0. The molecule has 0 aromatic rings. The van der Waals surface area contributed by atoms with Gasteiger partial charge in [-0.1, -0.05) is 17.7 Å². The van der Waals surface area contributed by atoms with Crippen molar-refractivity contribution >= 4 is 0 Å². The molecular formula is C10H17N. The Morgan fingerprint density at radius 3 is 2.82 bits per heavy atom. The average Bonchev–Trinajstić information content (AvgIpc) is 1.97. The van der Waals surface area contributed by atoms with Gasteiger partial charge in [0.15, 0.2) is 0 Å². The second kappa shape index (κ2) is 3.72. The van der Waals surface area contributed by atoms with E-state index < -0.39 is 0 Å². The maximum Gasteiger partial charge on any atom is 0.0294 e. The van der Waals surface area contributed by atoms with E-state index in [2.05, 4.69) is 19.1 Å². The van der Waals surface area contributed by atoms with E-state index in [-0.39, 0.29) is 0 Å². The highest BCUT2D eigenvalue weighted by atomic mass is 14.6. The SMILES string of the molecule is C/C=C\C1=C(C)CCC[C@@H]1N. The Morgan fingerprint density at radius 2 is 2.27 bits per heavy atom. The van der Waals surface area contributed by atoms with E-state index in [0.29, 0.717) is 6.04 Å². The van der Waals surface area contributed by atoms with Gasteiger partial charge >= 0.3 is 0 Å². The smallest absolute Gasteiger partial charge is 0.0294 e. The summed E-state index contributed by atoms with van der Waals surface area (Å²) in [5, 5.41) is 0. The monoisotopic (exact) mass is 151 g/mol. The molecule has 0 heterocycles. The Balaban J connectivity index is 2.82. The van der Waals surface area contributed by atoms with Crippen molar-refractivity contribution in [1.29, 1.82) is 0 Å². The zero-order valence-corrected chi connectivity index (χ0v) is 7.43. The van der Waals surface area contributed by atoms with E-state index in [0.717, 1.165) is 6.42 Å². The van der Waals surface area contributed by atoms with Crippen LogP contribution in [-0.4, -0.2) is 6.04 Å². The van der Waals surface area contributed by atoms with Crippen LogP contribution in [0, 0.1) is 0 Å². The van der Waals surface area contributed by atoms with Crippen LogP contribution in [0.3, 0.4) is 0 Å². The Labute approximate surface area is 69.0 Å². The molecule has 1 heteroatoms. The molecular weight excluding hydrogens is 134 g/mol. The highest BCUT2D eigenvalue weighted by Crippen LogP contribution is 2.24. The van der Waals surface area contributed by atoms with E-state index in [1.807, 2.05) is 6.92 Å². The molecule has 0 aliphatic heterocycles. The van der Waals surface area contributed by atoms with E-state index in [4.69, 9.17) is 5.73 Å². The predicted octanol–water partition coefficient (Wildman–Crippen LogP) is 2.39. The fourth-order valence-electron chi connectivity index (χ4n) is 1.65. The number of rotatable bonds is 1. The fraction of sp³-hybridized carbons (Fsp3) is 0.600. The summed E-state index contributed by atoms with van der Waals surface area (Å²) < 4.78 is 0. The van der Waals surface area contributed by atoms with Gasteiger partial charge in [0.05, 0.1) is 0 Å². The molecule has 1 aliphatic rings. The summed E-state index contributed by atoms with van der Waals surface area (Å²) in [6.45, 7) is 4.23. The topological polar surface area (TPSA) is 26.0 Å². The predicted molar refractivity (Wildman–Crippen MR) is 49.3 cm³/mol. The van der Waals surface area contributed by atoms with Gasteiger partial charge in [-0.05, 0) is 38.7 Å². The minimum atomic E-state index is 0.292. The minimum Gasteiger partial charge on any atom is -0.324 e. The summed E-state index contributed by atoms with van der Waals surface area (Å²) in [6.07, 6.45) is 7.86. The largest absolute Gasteiger partial charge is 0.324 e. The third-order valence-electron chi connectivity index (χ3n) is 2.31. The van der Waals surface area contributed by atoms with Gasteiger partial charge in [0, 0.05) is 6.04 Å². The van der Waals surface area contributed by atoms with Crippen molar-refractivity contribution in [3.63, 3.8) is 0 Å². The standard InChI is InChI=1S/C10H17N/c1-3-5-9-8(2)6-4-7-10(9)11/h3,5,10H,4,6-7,11H2,1-2H3/b5-3-/t10-/m0/s1. The number of hydrogen-bond acceptors (Lipinski definition) is 1. The van der Waals surface area contributed by atoms with Gasteiger partial charge in [0.1, 0.15) is 0 Å². The Morgan fingerprint density at radius 1 is 1.55 bits per heavy atom. The third kappa shape index (κ3) is 1.93. The van der Waals surface area contributed by atoms with Crippen molar-refractivity contribution in [2.24, 2.45) is 5.73 Å². The normalized spacial score (nSPS) is 26.6. The molecule has 0 spiro atoms. The van der Waals surface area contributed by atoms with E-state index in [1.165, 1.54) is 24.0 Å². The molecule has 0 aromatic carbocycles. The van der Waals surface area contributed by atoms with Crippen LogP contribution in [0.4, 0.5) is 0 Å². The lowest BCUT2D eigenvalue weighted by molar-refractivity contribution is 0.605. The lowest BCUT2D eigenvalue weighted by Crippen LogP contribution is -2.25. The first-order valence-electron chi connectivity index (χ1n) is 4.33. The maximum atomic E-state index is 5.95. The molecule has 11 heavy (non-hydrogen) atoms. The quantitative estimate of drug-likeness (QED) is 0.612. The summed E-state index contributed by atoms with van der Waals surface area (Å²) in [6, 6.07) is 0.292. The second-order valence-electron chi connectivity index (χ2n) is 3.23. The van der Waals surface area contributed by atoms with Crippen LogP contribution in [0.15, 0.2) is 23.3 Å². The average molecular weight is 151 g/mol. The van der Waals surface area contributed by atoms with E-state index in [9.17, 15) is 0 Å². The molecule has 0 aromatic heterocycles. The first-order chi connectivity index (χ1) is 5.25. The van der Waals surface area contributed by atoms with Crippen molar-refractivity contribution in [3.8, 4) is 0 Å². The second-order valence-corrected chi connectivity index (χ2v) is 3.23. The molecule has 62 valence electrons. The first kappa shape index (κ1) is 8.54. The maximum absolute atomic E-state index is 5.95. The van der Waals surface area contributed by atoms with Crippen molar-refractivity contribution < 1.29 is 0 Å². The van der Waals surface area contributed by atoms with E-state index >= 15 is 0 Å². The van der Waals surface area contributed by atoms with Crippen LogP contribution in [-0.2, 0) is 0 Å². The fourth-order valence-corrected chi connectivity index (χ4v) is 1.65. The molecule has 0 bridgehead atoms. The van der Waals surface area contributed by atoms with Gasteiger partial charge in [-0.15, -0.1) is 0 Å². The third-order valence-corrected chi connectivity index (χ3v) is 2.31. The van der Waals surface area contributed by atoms with Gasteiger partial charge in [0.2, 0.25) is 0 Å². The molecule has 0 radical (unpaired) electrons. The molecule has 2 N–H and O–H groups in total. The summed E-state index contributed by atoms with van der Waals surface area (Å²) in [7, 11) is 0. The first-order valence-corrected chi connectivity index (χ1v) is 4.33. The van der Waals surface area contributed by atoms with Crippen LogP contribution in [0.5, 0.6) is 0 Å². The van der Waals surface area contributed by atoms with E-state index in [1.54, 1.807) is 0 Å². The van der Waals surface area contributed by atoms with Crippen molar-refractivity contribution in [1.82, 2.24) is 0 Å². The summed E-state index contributed by atoms with van der Waals surface area (Å²) >= 11 is 0. The number of allylic oxidation sites excluding steroid dienone is 2. The zero-order chi connectivity index (χ0) is 8.27. The highest BCUT2D eigenvalue weighted by molar-refractivity contribution is 5.31. The zero-order valence-electron chi connectivity index (χ0n) is 7.43. The molecule has 1 nitrogen and oxygen atoms in total. The molecule has 0 saturated carbocycles. The Bertz CT molecular complexity index is 189. The summed E-state index contributed by atoms with van der Waals surface area (Å²) in [5.74, 6) is 0. The van der Waals surface area contributed by atoms with Crippen molar-refractivity contribution in [2.45, 2.75) is 39.2 Å². The van der Waals surface area contributed by atoms with Crippen LogP contribution in [0.1, 0.15) is 33.1 Å². The number of nitrogens with two attached hydrogens (primary N) is 1. The molecule has 0 fully saturated rings. The van der Waals surface area contributed by atoms with Gasteiger partial charge in [-0.2, -0.15) is 0 Å². The van der Waals surface area contributed by atoms with Crippen molar-refractivity contribution in [2.75, 3.05) is 0 Å². The van der Waals surface area contributed by atoms with Gasteiger partial charge in [-0.3, -0.25) is 0 Å². The van der Waals surface area contributed by atoms with Crippen LogP contribution >= 0.6 is 0 Å². The lowest BCUT2D eigenvalue weighted by Gasteiger charge is -2.21. The van der Waals surface area contributed by atoms with Gasteiger partial charge in [0.25, 0.3) is 0 Å². The van der Waals surface area contributed by atoms with Gasteiger partial charge < -0.3 is 5.73 Å². The van der Waals surface area contributed by atoms with Crippen molar-refractivity contribution in [3.05, 3.63) is 23.3 Å². The Kier molecular flexibility index (Phi) is 2.89. The molecule has 0 amide bonds. The molecule has 1 rings (SSSR count). The summed E-state index contributed by atoms with van der Waals surface area (Å²) in [5.41, 5.74) is 8.78. The molecule has 0 saturated heterocycles. The molecule has 1 atom stereocenters. The van der Waals surface area contributed by atoms with Crippen LogP contribution in [0.2, 0.25) is 0 Å². The van der Waals surface area contributed by atoms with Crippen LogP contribution in [0.25, 0.3) is 0 Å². The lowest BCUT2D eigenvalue weighted by atomic mass is 9.89. The Hall–Kier alpha value is -0.560. The van der Waals surface area contributed by atoms with Crippen LogP contribution < -0.4 is 5.73 Å². The molecule has 0 unspecified atom stereocenters. The number of hydrogen-bond donors (Lipinski definition) is 1. The highest BCUT2D eigenvalue weighted by Gasteiger charge is 2.14. The van der Waals surface area contributed by atoms with Gasteiger partial charge in [-0.25, -0.2) is 0 Å². The molecule has 1 aliphatic carbocycles. The minimum absolute atomic E-state index is 0.292.